The molecule has 0 radical (unpaired) electrons. The van der Waals surface area contributed by atoms with Crippen molar-refractivity contribution in [3.63, 3.8) is 0 Å². The molecule has 0 aliphatic heterocycles. The zero-order valence-electron chi connectivity index (χ0n) is 12.2. The minimum Gasteiger partial charge on any atom is -0.280 e. The highest BCUT2D eigenvalue weighted by Gasteiger charge is 2.10. The van der Waals surface area contributed by atoms with E-state index in [2.05, 4.69) is 4.98 Å². The van der Waals surface area contributed by atoms with Gasteiger partial charge in [0.05, 0.1) is 5.69 Å². The first-order valence-electron chi connectivity index (χ1n) is 6.95. The van der Waals surface area contributed by atoms with Crippen molar-refractivity contribution in [1.29, 1.82) is 0 Å². The molecule has 0 aliphatic rings. The van der Waals surface area contributed by atoms with Crippen molar-refractivity contribution < 1.29 is 13.2 Å². The number of halogens is 3. The highest BCUT2D eigenvalue weighted by molar-refractivity contribution is 7.98. The summed E-state index contributed by atoms with van der Waals surface area (Å²) in [7, 11) is 0. The summed E-state index contributed by atoms with van der Waals surface area (Å²) in [6.07, 6.45) is 2.80. The van der Waals surface area contributed by atoms with Crippen LogP contribution in [-0.2, 0) is 5.75 Å². The largest absolute Gasteiger partial charge is 0.287 e. The summed E-state index contributed by atoms with van der Waals surface area (Å²) >= 11 is 1.19. The van der Waals surface area contributed by atoms with Crippen molar-refractivity contribution in [2.45, 2.75) is 10.8 Å². The first kappa shape index (κ1) is 16.3. The van der Waals surface area contributed by atoms with Crippen LogP contribution in [-0.4, -0.2) is 9.55 Å². The Morgan fingerprint density at radius 3 is 2.46 bits per heavy atom. The third-order valence-corrected chi connectivity index (χ3v) is 4.31. The van der Waals surface area contributed by atoms with E-state index in [9.17, 15) is 18.0 Å². The summed E-state index contributed by atoms with van der Waals surface area (Å²) in [6.45, 7) is 0. The molecule has 0 bridgehead atoms. The normalized spacial score (nSPS) is 10.8. The van der Waals surface area contributed by atoms with E-state index in [1.165, 1.54) is 46.9 Å². The minimum atomic E-state index is -1.03. The van der Waals surface area contributed by atoms with Crippen molar-refractivity contribution in [2.24, 2.45) is 0 Å². The van der Waals surface area contributed by atoms with E-state index < -0.39 is 17.2 Å². The lowest BCUT2D eigenvalue weighted by Gasteiger charge is -2.08. The lowest BCUT2D eigenvalue weighted by Crippen LogP contribution is -2.20. The van der Waals surface area contributed by atoms with Gasteiger partial charge in [0.1, 0.15) is 5.82 Å². The van der Waals surface area contributed by atoms with Crippen LogP contribution in [0, 0.1) is 17.5 Å². The minimum absolute atomic E-state index is 0.213. The highest BCUT2D eigenvalue weighted by atomic mass is 32.2. The van der Waals surface area contributed by atoms with Gasteiger partial charge in [-0.3, -0.25) is 9.36 Å². The number of rotatable bonds is 4. The van der Waals surface area contributed by atoms with E-state index in [0.29, 0.717) is 5.75 Å². The Morgan fingerprint density at radius 1 is 1.00 bits per heavy atom. The summed E-state index contributed by atoms with van der Waals surface area (Å²) in [5, 5.41) is 0.214. The summed E-state index contributed by atoms with van der Waals surface area (Å²) in [6, 6.07) is 9.16. The van der Waals surface area contributed by atoms with Crippen LogP contribution in [0.25, 0.3) is 5.69 Å². The SMILES string of the molecule is O=c1c(SCc2ccc(F)cc2)nccn1-c1ccc(F)c(F)c1. The van der Waals surface area contributed by atoms with Gasteiger partial charge in [-0.05, 0) is 29.8 Å². The van der Waals surface area contributed by atoms with E-state index in [-0.39, 0.29) is 16.5 Å². The Labute approximate surface area is 139 Å². The molecule has 3 rings (SSSR count). The van der Waals surface area contributed by atoms with Crippen molar-refractivity contribution >= 4 is 11.8 Å². The molecule has 0 saturated heterocycles. The topological polar surface area (TPSA) is 34.9 Å². The van der Waals surface area contributed by atoms with Crippen LogP contribution in [0.2, 0.25) is 0 Å². The van der Waals surface area contributed by atoms with Gasteiger partial charge in [0, 0.05) is 24.2 Å². The van der Waals surface area contributed by atoms with Gasteiger partial charge >= 0.3 is 0 Å². The second-order valence-corrected chi connectivity index (χ2v) is 5.89. The van der Waals surface area contributed by atoms with E-state index >= 15 is 0 Å². The molecular formula is C17H11F3N2OS. The average molecular weight is 348 g/mol. The molecule has 0 fully saturated rings. The molecule has 0 atom stereocenters. The van der Waals surface area contributed by atoms with Crippen molar-refractivity contribution in [3.05, 3.63) is 88.2 Å². The van der Waals surface area contributed by atoms with Gasteiger partial charge in [-0.15, -0.1) is 0 Å². The quantitative estimate of drug-likeness (QED) is 0.670. The van der Waals surface area contributed by atoms with E-state index in [4.69, 9.17) is 0 Å². The molecule has 24 heavy (non-hydrogen) atoms. The van der Waals surface area contributed by atoms with Crippen LogP contribution in [0.1, 0.15) is 5.56 Å². The molecule has 0 aliphatic carbocycles. The smallest absolute Gasteiger partial charge is 0.280 e. The zero-order valence-corrected chi connectivity index (χ0v) is 13.1. The molecule has 7 heteroatoms. The van der Waals surface area contributed by atoms with Gasteiger partial charge in [0.2, 0.25) is 0 Å². The monoisotopic (exact) mass is 348 g/mol. The molecule has 0 spiro atoms. The second kappa shape index (κ2) is 6.92. The number of benzene rings is 2. The van der Waals surface area contributed by atoms with Crippen molar-refractivity contribution in [1.82, 2.24) is 9.55 Å². The van der Waals surface area contributed by atoms with E-state index in [1.54, 1.807) is 12.1 Å². The lowest BCUT2D eigenvalue weighted by atomic mass is 10.2. The molecule has 122 valence electrons. The predicted octanol–water partition coefficient (Wildman–Crippen LogP) is 3.94. The Balaban J connectivity index is 1.86. The Morgan fingerprint density at radius 2 is 1.75 bits per heavy atom. The van der Waals surface area contributed by atoms with Crippen LogP contribution in [0.5, 0.6) is 0 Å². The predicted molar refractivity (Wildman–Crippen MR) is 85.7 cm³/mol. The fourth-order valence-corrected chi connectivity index (χ4v) is 2.92. The Bertz CT molecular complexity index is 926. The molecule has 0 amide bonds. The maximum atomic E-state index is 13.4. The summed E-state index contributed by atoms with van der Waals surface area (Å²) < 4.78 is 40.5. The van der Waals surface area contributed by atoms with Gasteiger partial charge in [0.15, 0.2) is 16.7 Å². The van der Waals surface area contributed by atoms with Crippen LogP contribution in [0.15, 0.2) is 64.7 Å². The molecular weight excluding hydrogens is 337 g/mol. The van der Waals surface area contributed by atoms with Gasteiger partial charge in [-0.1, -0.05) is 23.9 Å². The molecule has 3 aromatic rings. The first-order valence-corrected chi connectivity index (χ1v) is 7.93. The lowest BCUT2D eigenvalue weighted by molar-refractivity contribution is 0.507. The first-order chi connectivity index (χ1) is 11.5. The molecule has 2 aromatic carbocycles. The van der Waals surface area contributed by atoms with Gasteiger partial charge in [-0.2, -0.15) is 0 Å². The fourth-order valence-electron chi connectivity index (χ4n) is 2.06. The summed E-state index contributed by atoms with van der Waals surface area (Å²) in [5.74, 6) is -1.91. The number of hydrogen-bond acceptors (Lipinski definition) is 3. The third kappa shape index (κ3) is 3.51. The third-order valence-electron chi connectivity index (χ3n) is 3.28. The van der Waals surface area contributed by atoms with E-state index in [1.807, 2.05) is 0 Å². The maximum Gasteiger partial charge on any atom is 0.287 e. The number of hydrogen-bond donors (Lipinski definition) is 0. The number of aromatic nitrogens is 2. The van der Waals surface area contributed by atoms with Gasteiger partial charge < -0.3 is 0 Å². The number of thioether (sulfide) groups is 1. The van der Waals surface area contributed by atoms with Crippen molar-refractivity contribution in [3.8, 4) is 5.69 Å². The molecule has 0 saturated carbocycles. The Hall–Kier alpha value is -2.54. The molecule has 1 heterocycles. The summed E-state index contributed by atoms with van der Waals surface area (Å²) in [5.41, 5.74) is 0.617. The van der Waals surface area contributed by atoms with Crippen LogP contribution >= 0.6 is 11.8 Å². The van der Waals surface area contributed by atoms with Crippen molar-refractivity contribution in [2.75, 3.05) is 0 Å². The van der Waals surface area contributed by atoms with E-state index in [0.717, 1.165) is 17.7 Å². The molecule has 0 N–H and O–H groups in total. The Kier molecular flexibility index (Phi) is 4.71. The maximum absolute atomic E-state index is 13.4. The second-order valence-electron chi connectivity index (χ2n) is 4.92. The molecule has 1 aromatic heterocycles. The standard InChI is InChI=1S/C17H11F3N2OS/c18-12-3-1-11(2-4-12)10-24-16-17(23)22(8-7-21-16)13-5-6-14(19)15(20)9-13/h1-9H,10H2. The van der Waals surface area contributed by atoms with Gasteiger partial charge in [-0.25, -0.2) is 18.2 Å². The number of nitrogens with zero attached hydrogens (tertiary/aromatic N) is 2. The summed E-state index contributed by atoms with van der Waals surface area (Å²) in [4.78, 5) is 16.5. The average Bonchev–Trinajstić information content (AvgIpc) is 2.58. The molecule has 3 nitrogen and oxygen atoms in total. The van der Waals surface area contributed by atoms with Crippen LogP contribution < -0.4 is 5.56 Å². The highest BCUT2D eigenvalue weighted by Crippen LogP contribution is 2.19. The zero-order chi connectivity index (χ0) is 17.1. The van der Waals surface area contributed by atoms with Crippen LogP contribution in [0.3, 0.4) is 0 Å². The molecule has 0 unspecified atom stereocenters. The van der Waals surface area contributed by atoms with Gasteiger partial charge in [0.25, 0.3) is 5.56 Å². The fraction of sp³-hybridized carbons (Fsp3) is 0.0588. The van der Waals surface area contributed by atoms with Crippen LogP contribution in [0.4, 0.5) is 13.2 Å².